The molecule has 0 aliphatic rings. The van der Waals surface area contributed by atoms with Gasteiger partial charge in [-0.2, -0.15) is 0 Å². The molecular weight excluding hydrogens is 234 g/mol. The lowest BCUT2D eigenvalue weighted by molar-refractivity contribution is 0.470. The Labute approximate surface area is 115 Å². The number of fused-ring (bicyclic) bond motifs is 1. The number of aromatic amines is 1. The number of rotatable bonds is 7. The van der Waals surface area contributed by atoms with E-state index in [1.54, 1.807) is 0 Å². The summed E-state index contributed by atoms with van der Waals surface area (Å²) in [5, 5.41) is 8.30. The average Bonchev–Trinajstić information content (AvgIpc) is 2.78. The Hall–Kier alpha value is -1.32. The minimum atomic E-state index is 0.477. The number of H-pyrrole nitrogens is 1. The van der Waals surface area contributed by atoms with Gasteiger partial charge in [0, 0.05) is 30.3 Å². The van der Waals surface area contributed by atoms with Crippen LogP contribution in [0.5, 0.6) is 0 Å². The van der Waals surface area contributed by atoms with Crippen molar-refractivity contribution >= 4 is 10.9 Å². The summed E-state index contributed by atoms with van der Waals surface area (Å²) in [6, 6.07) is 11.1. The second-order valence-corrected chi connectivity index (χ2v) is 5.72. The summed E-state index contributed by atoms with van der Waals surface area (Å²) >= 11 is 0. The Bertz CT molecular complexity index is 468. The van der Waals surface area contributed by atoms with Crippen LogP contribution in [0.15, 0.2) is 30.3 Å². The highest BCUT2D eigenvalue weighted by molar-refractivity contribution is 5.80. The van der Waals surface area contributed by atoms with Crippen LogP contribution >= 0.6 is 0 Å². The van der Waals surface area contributed by atoms with E-state index in [1.165, 1.54) is 16.6 Å². The van der Waals surface area contributed by atoms with Gasteiger partial charge in [0.1, 0.15) is 0 Å². The zero-order valence-corrected chi connectivity index (χ0v) is 12.2. The first-order valence-corrected chi connectivity index (χ1v) is 7.16. The van der Waals surface area contributed by atoms with Crippen molar-refractivity contribution in [3.8, 4) is 0 Å². The van der Waals surface area contributed by atoms with Crippen molar-refractivity contribution in [2.45, 2.75) is 33.4 Å². The van der Waals surface area contributed by atoms with Crippen molar-refractivity contribution in [2.75, 3.05) is 13.1 Å². The molecule has 3 heteroatoms. The van der Waals surface area contributed by atoms with Gasteiger partial charge < -0.3 is 15.6 Å². The summed E-state index contributed by atoms with van der Waals surface area (Å²) in [4.78, 5) is 3.44. The second kappa shape index (κ2) is 6.73. The Balaban J connectivity index is 1.78. The SMILES string of the molecule is CC(C)CNCC(C)NCc1cc2ccccc2[nH]1. The van der Waals surface area contributed by atoms with Gasteiger partial charge in [-0.3, -0.25) is 0 Å². The molecular formula is C16H25N3. The number of hydrogen-bond acceptors (Lipinski definition) is 2. The van der Waals surface area contributed by atoms with E-state index in [1.807, 2.05) is 0 Å². The average molecular weight is 259 g/mol. The Morgan fingerprint density at radius 3 is 2.63 bits per heavy atom. The van der Waals surface area contributed by atoms with E-state index in [4.69, 9.17) is 0 Å². The van der Waals surface area contributed by atoms with Gasteiger partial charge in [0.15, 0.2) is 0 Å². The van der Waals surface area contributed by atoms with E-state index >= 15 is 0 Å². The Morgan fingerprint density at radius 1 is 1.11 bits per heavy atom. The van der Waals surface area contributed by atoms with Crippen molar-refractivity contribution in [1.82, 2.24) is 15.6 Å². The van der Waals surface area contributed by atoms with Crippen molar-refractivity contribution < 1.29 is 0 Å². The highest BCUT2D eigenvalue weighted by Crippen LogP contribution is 2.14. The molecule has 0 amide bonds. The van der Waals surface area contributed by atoms with Crippen LogP contribution in [0, 0.1) is 5.92 Å². The summed E-state index contributed by atoms with van der Waals surface area (Å²) < 4.78 is 0. The number of para-hydroxylation sites is 1. The third-order valence-corrected chi connectivity index (χ3v) is 3.23. The first-order valence-electron chi connectivity index (χ1n) is 7.16. The zero-order chi connectivity index (χ0) is 13.7. The topological polar surface area (TPSA) is 39.8 Å². The monoisotopic (exact) mass is 259 g/mol. The number of benzene rings is 1. The van der Waals surface area contributed by atoms with Crippen LogP contribution in [0.4, 0.5) is 0 Å². The van der Waals surface area contributed by atoms with E-state index in [2.05, 4.69) is 66.7 Å². The standard InChI is InChI=1S/C16H25N3/c1-12(2)9-17-10-13(3)18-11-15-8-14-6-4-5-7-16(14)19-15/h4-8,12-13,17-19H,9-11H2,1-3H3. The zero-order valence-electron chi connectivity index (χ0n) is 12.2. The Morgan fingerprint density at radius 2 is 1.89 bits per heavy atom. The molecule has 0 aliphatic carbocycles. The molecule has 0 spiro atoms. The lowest BCUT2D eigenvalue weighted by Gasteiger charge is -2.15. The quantitative estimate of drug-likeness (QED) is 0.715. The van der Waals surface area contributed by atoms with Gasteiger partial charge in [0.25, 0.3) is 0 Å². The molecule has 1 heterocycles. The van der Waals surface area contributed by atoms with Crippen LogP contribution in [0.3, 0.4) is 0 Å². The smallest absolute Gasteiger partial charge is 0.0456 e. The molecule has 1 unspecified atom stereocenters. The maximum atomic E-state index is 3.54. The normalized spacial score (nSPS) is 13.3. The summed E-state index contributed by atoms with van der Waals surface area (Å²) in [5.41, 5.74) is 2.46. The van der Waals surface area contributed by atoms with Gasteiger partial charge in [-0.05, 0) is 36.9 Å². The summed E-state index contributed by atoms with van der Waals surface area (Å²) in [5.74, 6) is 0.709. The highest BCUT2D eigenvalue weighted by Gasteiger charge is 2.04. The predicted octanol–water partition coefficient (Wildman–Crippen LogP) is 2.89. The molecule has 1 aromatic heterocycles. The maximum Gasteiger partial charge on any atom is 0.0456 e. The molecule has 0 saturated carbocycles. The van der Waals surface area contributed by atoms with Crippen molar-refractivity contribution in [1.29, 1.82) is 0 Å². The minimum absolute atomic E-state index is 0.477. The summed E-state index contributed by atoms with van der Waals surface area (Å²) in [7, 11) is 0. The summed E-state index contributed by atoms with van der Waals surface area (Å²) in [6.07, 6.45) is 0. The number of nitrogens with one attached hydrogen (secondary N) is 3. The van der Waals surface area contributed by atoms with Gasteiger partial charge in [-0.15, -0.1) is 0 Å². The number of hydrogen-bond donors (Lipinski definition) is 3. The van der Waals surface area contributed by atoms with Crippen LogP contribution in [0.25, 0.3) is 10.9 Å². The van der Waals surface area contributed by atoms with Gasteiger partial charge in [0.05, 0.1) is 0 Å². The van der Waals surface area contributed by atoms with E-state index in [0.717, 1.165) is 19.6 Å². The third kappa shape index (κ3) is 4.37. The fourth-order valence-corrected chi connectivity index (χ4v) is 2.17. The molecule has 0 radical (unpaired) electrons. The van der Waals surface area contributed by atoms with Crippen molar-refractivity contribution in [3.63, 3.8) is 0 Å². The van der Waals surface area contributed by atoms with Crippen LogP contribution in [0.1, 0.15) is 26.5 Å². The molecule has 3 nitrogen and oxygen atoms in total. The molecule has 3 N–H and O–H groups in total. The molecule has 0 aliphatic heterocycles. The van der Waals surface area contributed by atoms with Crippen LogP contribution in [-0.4, -0.2) is 24.1 Å². The molecule has 2 aromatic rings. The minimum Gasteiger partial charge on any atom is -0.357 e. The van der Waals surface area contributed by atoms with Crippen molar-refractivity contribution in [3.05, 3.63) is 36.0 Å². The van der Waals surface area contributed by atoms with Crippen LogP contribution < -0.4 is 10.6 Å². The van der Waals surface area contributed by atoms with Gasteiger partial charge in [0.2, 0.25) is 0 Å². The van der Waals surface area contributed by atoms with E-state index in [-0.39, 0.29) is 0 Å². The van der Waals surface area contributed by atoms with Gasteiger partial charge in [-0.1, -0.05) is 32.0 Å². The summed E-state index contributed by atoms with van der Waals surface area (Å²) in [6.45, 7) is 9.66. The molecule has 1 atom stereocenters. The first kappa shape index (κ1) is 14.1. The first-order chi connectivity index (χ1) is 9.15. The van der Waals surface area contributed by atoms with Crippen molar-refractivity contribution in [2.24, 2.45) is 5.92 Å². The fourth-order valence-electron chi connectivity index (χ4n) is 2.17. The van der Waals surface area contributed by atoms with E-state index < -0.39 is 0 Å². The van der Waals surface area contributed by atoms with Gasteiger partial charge >= 0.3 is 0 Å². The highest BCUT2D eigenvalue weighted by atomic mass is 15.0. The number of aromatic nitrogens is 1. The lowest BCUT2D eigenvalue weighted by atomic mass is 10.2. The van der Waals surface area contributed by atoms with E-state index in [0.29, 0.717) is 12.0 Å². The predicted molar refractivity (Wildman–Crippen MR) is 82.3 cm³/mol. The maximum absolute atomic E-state index is 3.54. The fraction of sp³-hybridized carbons (Fsp3) is 0.500. The van der Waals surface area contributed by atoms with Gasteiger partial charge in [-0.25, -0.2) is 0 Å². The second-order valence-electron chi connectivity index (χ2n) is 5.72. The molecule has 0 saturated heterocycles. The van der Waals surface area contributed by atoms with Crippen LogP contribution in [0.2, 0.25) is 0 Å². The molecule has 0 fully saturated rings. The largest absolute Gasteiger partial charge is 0.357 e. The molecule has 1 aromatic carbocycles. The molecule has 19 heavy (non-hydrogen) atoms. The van der Waals surface area contributed by atoms with Crippen LogP contribution in [-0.2, 0) is 6.54 Å². The molecule has 2 rings (SSSR count). The third-order valence-electron chi connectivity index (χ3n) is 3.23. The molecule has 104 valence electrons. The van der Waals surface area contributed by atoms with E-state index in [9.17, 15) is 0 Å². The molecule has 0 bridgehead atoms. The Kier molecular flexibility index (Phi) is 5.00. The lowest BCUT2D eigenvalue weighted by Crippen LogP contribution is -2.37.